The molecule has 0 fully saturated rings. The second-order valence-electron chi connectivity index (χ2n) is 4.53. The Hall–Kier alpha value is -1.86. The zero-order valence-electron chi connectivity index (χ0n) is 9.51. The number of ether oxygens (including phenoxy) is 1. The predicted molar refractivity (Wildman–Crippen MR) is 60.4 cm³/mol. The van der Waals surface area contributed by atoms with Gasteiger partial charge in [-0.15, -0.1) is 0 Å². The first-order valence-corrected chi connectivity index (χ1v) is 5.35. The number of para-hydroxylation sites is 1. The summed E-state index contributed by atoms with van der Waals surface area (Å²) in [5.74, 6) is 0.708. The van der Waals surface area contributed by atoms with Crippen LogP contribution in [0.1, 0.15) is 12.5 Å². The van der Waals surface area contributed by atoms with Gasteiger partial charge in [-0.3, -0.25) is 0 Å². The maximum atomic E-state index is 10.9. The summed E-state index contributed by atoms with van der Waals surface area (Å²) in [4.78, 5) is 10.9. The maximum Gasteiger partial charge on any atom is 0.153 e. The van der Waals surface area contributed by atoms with Crippen molar-refractivity contribution in [3.05, 3.63) is 29.8 Å². The lowest BCUT2D eigenvalue weighted by atomic mass is 9.70. The van der Waals surface area contributed by atoms with Crippen molar-refractivity contribution in [2.24, 2.45) is 5.41 Å². The van der Waals surface area contributed by atoms with Gasteiger partial charge in [0.15, 0.2) is 6.29 Å². The number of hydrogen-bond donors (Lipinski definition) is 1. The average molecular weight is 231 g/mol. The molecule has 1 N–H and O–H groups in total. The van der Waals surface area contributed by atoms with Crippen molar-refractivity contribution in [2.45, 2.75) is 18.9 Å². The summed E-state index contributed by atoms with van der Waals surface area (Å²) < 4.78 is 5.48. The highest BCUT2D eigenvalue weighted by atomic mass is 16.5. The molecule has 1 aromatic rings. The Kier molecular flexibility index (Phi) is 2.64. The van der Waals surface area contributed by atoms with Crippen molar-refractivity contribution in [2.75, 3.05) is 6.61 Å². The first kappa shape index (κ1) is 11.6. The lowest BCUT2D eigenvalue weighted by molar-refractivity contribution is -0.135. The van der Waals surface area contributed by atoms with Crippen LogP contribution in [-0.4, -0.2) is 23.6 Å². The molecule has 2 unspecified atom stereocenters. The minimum absolute atomic E-state index is 0.0201. The number of benzene rings is 1. The quantitative estimate of drug-likeness (QED) is 0.773. The molecule has 0 saturated carbocycles. The van der Waals surface area contributed by atoms with E-state index in [9.17, 15) is 15.2 Å². The van der Waals surface area contributed by atoms with Crippen molar-refractivity contribution in [1.29, 1.82) is 5.26 Å². The van der Waals surface area contributed by atoms with Crippen LogP contribution >= 0.6 is 0 Å². The molecule has 0 amide bonds. The highest BCUT2D eigenvalue weighted by Gasteiger charge is 2.51. The predicted octanol–water partition coefficient (Wildman–Crippen LogP) is 1.08. The average Bonchev–Trinajstić information content (AvgIpc) is 2.37. The molecule has 0 bridgehead atoms. The molecule has 1 aliphatic heterocycles. The van der Waals surface area contributed by atoms with Gasteiger partial charge in [0, 0.05) is 6.42 Å². The van der Waals surface area contributed by atoms with Crippen LogP contribution in [0.3, 0.4) is 0 Å². The van der Waals surface area contributed by atoms with E-state index in [4.69, 9.17) is 4.74 Å². The van der Waals surface area contributed by atoms with Gasteiger partial charge in [-0.25, -0.2) is 0 Å². The fourth-order valence-corrected chi connectivity index (χ4v) is 1.99. The smallest absolute Gasteiger partial charge is 0.153 e. The Balaban J connectivity index is 2.44. The first-order valence-electron chi connectivity index (χ1n) is 5.35. The van der Waals surface area contributed by atoms with E-state index in [1.165, 1.54) is 6.92 Å². The molecule has 1 aromatic carbocycles. The van der Waals surface area contributed by atoms with Gasteiger partial charge in [0.25, 0.3) is 0 Å². The van der Waals surface area contributed by atoms with E-state index in [2.05, 4.69) is 0 Å². The first-order chi connectivity index (χ1) is 8.04. The third kappa shape index (κ3) is 1.69. The molecule has 4 nitrogen and oxygen atoms in total. The number of nitriles is 1. The highest BCUT2D eigenvalue weighted by Crippen LogP contribution is 2.40. The molecule has 0 spiro atoms. The van der Waals surface area contributed by atoms with E-state index < -0.39 is 11.0 Å². The number of carbonyl (C=O) groups is 1. The summed E-state index contributed by atoms with van der Waals surface area (Å²) in [5, 5.41) is 19.3. The van der Waals surface area contributed by atoms with Gasteiger partial charge in [0.05, 0.1) is 6.07 Å². The van der Waals surface area contributed by atoms with E-state index in [1.807, 2.05) is 30.3 Å². The van der Waals surface area contributed by atoms with Crippen LogP contribution in [0.25, 0.3) is 0 Å². The standard InChI is InChI=1S/C13H13NO3/c1-12(16,8-15)13(7-14)6-10-4-2-3-5-11(10)17-9-13/h2-5,8,16H,6,9H2,1H3. The molecule has 1 heterocycles. The zero-order valence-corrected chi connectivity index (χ0v) is 9.51. The second-order valence-corrected chi connectivity index (χ2v) is 4.53. The molecular weight excluding hydrogens is 218 g/mol. The van der Waals surface area contributed by atoms with Crippen LogP contribution < -0.4 is 4.74 Å². The summed E-state index contributed by atoms with van der Waals surface area (Å²) >= 11 is 0. The van der Waals surface area contributed by atoms with Crippen molar-refractivity contribution in [1.82, 2.24) is 0 Å². The van der Waals surface area contributed by atoms with Crippen LogP contribution in [0.5, 0.6) is 5.75 Å². The lowest BCUT2D eigenvalue weighted by Gasteiger charge is -2.39. The van der Waals surface area contributed by atoms with Crippen molar-refractivity contribution in [3.8, 4) is 11.8 Å². The third-order valence-corrected chi connectivity index (χ3v) is 3.35. The molecule has 0 aliphatic carbocycles. The number of fused-ring (bicyclic) bond motifs is 1. The minimum atomic E-state index is -1.71. The zero-order chi connectivity index (χ0) is 12.5. The Morgan fingerprint density at radius 3 is 2.94 bits per heavy atom. The van der Waals surface area contributed by atoms with Gasteiger partial charge in [-0.1, -0.05) is 18.2 Å². The fourth-order valence-electron chi connectivity index (χ4n) is 1.99. The molecule has 88 valence electrons. The van der Waals surface area contributed by atoms with Gasteiger partial charge >= 0.3 is 0 Å². The number of aldehydes is 1. The Labute approximate surface area is 99.4 Å². The molecule has 4 heteroatoms. The molecule has 17 heavy (non-hydrogen) atoms. The van der Waals surface area contributed by atoms with Gasteiger partial charge in [0.2, 0.25) is 0 Å². The van der Waals surface area contributed by atoms with Crippen LogP contribution in [-0.2, 0) is 11.2 Å². The van der Waals surface area contributed by atoms with Gasteiger partial charge in [-0.05, 0) is 18.6 Å². The van der Waals surface area contributed by atoms with Crippen LogP contribution in [0.4, 0.5) is 0 Å². The molecule has 2 atom stereocenters. The largest absolute Gasteiger partial charge is 0.491 e. The van der Waals surface area contributed by atoms with Crippen LogP contribution in [0.2, 0.25) is 0 Å². The molecule has 0 aromatic heterocycles. The van der Waals surface area contributed by atoms with Crippen LogP contribution in [0.15, 0.2) is 24.3 Å². The maximum absolute atomic E-state index is 10.9. The van der Waals surface area contributed by atoms with Crippen molar-refractivity contribution >= 4 is 6.29 Å². The van der Waals surface area contributed by atoms with Crippen molar-refractivity contribution < 1.29 is 14.6 Å². The molecule has 0 radical (unpaired) electrons. The third-order valence-electron chi connectivity index (χ3n) is 3.35. The van der Waals surface area contributed by atoms with E-state index in [-0.39, 0.29) is 6.61 Å². The second kappa shape index (κ2) is 3.86. The molecule has 1 aliphatic rings. The minimum Gasteiger partial charge on any atom is -0.491 e. The molecule has 0 saturated heterocycles. The van der Waals surface area contributed by atoms with Crippen LogP contribution in [0, 0.1) is 16.7 Å². The Bertz CT molecular complexity index is 490. The summed E-state index contributed by atoms with van der Waals surface area (Å²) in [6, 6.07) is 9.37. The fraction of sp³-hybridized carbons (Fsp3) is 0.385. The summed E-state index contributed by atoms with van der Waals surface area (Å²) in [5.41, 5.74) is -2.10. The number of nitrogens with zero attached hydrogens (tertiary/aromatic N) is 1. The number of aliphatic hydroxyl groups is 1. The highest BCUT2D eigenvalue weighted by molar-refractivity contribution is 5.65. The number of rotatable bonds is 2. The Morgan fingerprint density at radius 2 is 2.29 bits per heavy atom. The topological polar surface area (TPSA) is 70.3 Å². The summed E-state index contributed by atoms with van der Waals surface area (Å²) in [7, 11) is 0. The number of hydrogen-bond acceptors (Lipinski definition) is 4. The molecule has 2 rings (SSSR count). The van der Waals surface area contributed by atoms with E-state index in [1.54, 1.807) is 0 Å². The van der Waals surface area contributed by atoms with Gasteiger partial charge in [0.1, 0.15) is 23.4 Å². The van der Waals surface area contributed by atoms with E-state index in [0.29, 0.717) is 18.5 Å². The lowest BCUT2D eigenvalue weighted by Crippen LogP contribution is -2.53. The van der Waals surface area contributed by atoms with Gasteiger partial charge < -0.3 is 14.6 Å². The monoisotopic (exact) mass is 231 g/mol. The van der Waals surface area contributed by atoms with Crippen molar-refractivity contribution in [3.63, 3.8) is 0 Å². The van der Waals surface area contributed by atoms with E-state index in [0.717, 1.165) is 5.56 Å². The SMILES string of the molecule is CC(O)(C=O)C1(C#N)COc2ccccc2C1. The Morgan fingerprint density at radius 1 is 1.59 bits per heavy atom. The number of carbonyl (C=O) groups excluding carboxylic acids is 1. The normalized spacial score (nSPS) is 25.9. The summed E-state index contributed by atoms with van der Waals surface area (Å²) in [6.07, 6.45) is 0.721. The van der Waals surface area contributed by atoms with Gasteiger partial charge in [-0.2, -0.15) is 5.26 Å². The summed E-state index contributed by atoms with van der Waals surface area (Å²) in [6.45, 7) is 1.37. The molecular formula is C13H13NO3. The van der Waals surface area contributed by atoms with E-state index >= 15 is 0 Å².